The van der Waals surface area contributed by atoms with Gasteiger partial charge in [-0.3, -0.25) is 6.08 Å². The Balaban J connectivity index is 0. The fraction of sp³-hybridized carbons (Fsp3) is 0.545. The van der Waals surface area contributed by atoms with Crippen molar-refractivity contribution in [1.82, 2.24) is 0 Å². The van der Waals surface area contributed by atoms with E-state index in [1.807, 2.05) is 0 Å². The maximum atomic E-state index is 3.73. The molecule has 0 amide bonds. The van der Waals surface area contributed by atoms with Crippen LogP contribution < -0.4 is 42.4 Å². The fourth-order valence-corrected chi connectivity index (χ4v) is 9.77. The number of benzene rings is 1. The minimum absolute atomic E-state index is 0. The van der Waals surface area contributed by atoms with Gasteiger partial charge in [-0.2, -0.15) is 11.3 Å². The molecule has 2 aliphatic carbocycles. The van der Waals surface area contributed by atoms with Gasteiger partial charge in [-0.15, -0.1) is 6.42 Å². The number of allylic oxidation sites excluding steroid dienone is 4. The Hall–Kier alpha value is 0.501. The molecule has 0 aliphatic heterocycles. The van der Waals surface area contributed by atoms with Crippen molar-refractivity contribution < 1.29 is 58.9 Å². The van der Waals surface area contributed by atoms with E-state index in [1.54, 1.807) is 16.0 Å². The van der Waals surface area contributed by atoms with Gasteiger partial charge in [0.15, 0.2) is 0 Å². The average molecular weight is 478 g/mol. The second kappa shape index (κ2) is 13.7. The summed E-state index contributed by atoms with van der Waals surface area (Å²) in [4.78, 5) is 0. The van der Waals surface area contributed by atoms with Gasteiger partial charge < -0.3 is 37.2 Å². The topological polar surface area (TPSA) is 0 Å². The standard InChI is InChI=1S/C22H31Si.3ClH.Ti/c1-4-18(2)21-16-11-17-22(21)23(3,19-12-7-5-8-13-19)20-14-9-6-10-15-20;;;;/h5,7-8,12-13,17-18,20H,4,6,9-11,14-15H2,1-3H3;3*1H;/q-1;;;;+4/p-3. The van der Waals surface area contributed by atoms with Crippen LogP contribution in [0.2, 0.25) is 12.1 Å². The van der Waals surface area contributed by atoms with Crippen LogP contribution in [0.15, 0.2) is 47.2 Å². The van der Waals surface area contributed by atoms with E-state index in [9.17, 15) is 0 Å². The third-order valence-electron chi connectivity index (χ3n) is 6.35. The molecule has 2 atom stereocenters. The summed E-state index contributed by atoms with van der Waals surface area (Å²) in [5.74, 6) is 0.655. The van der Waals surface area contributed by atoms with Crippen LogP contribution in [0.5, 0.6) is 0 Å². The minimum Gasteiger partial charge on any atom is -1.00 e. The van der Waals surface area contributed by atoms with E-state index in [0.717, 1.165) is 12.0 Å². The molecule has 0 bridgehead atoms. The van der Waals surface area contributed by atoms with Crippen molar-refractivity contribution in [3.63, 3.8) is 0 Å². The van der Waals surface area contributed by atoms with E-state index in [0.29, 0.717) is 5.92 Å². The summed E-state index contributed by atoms with van der Waals surface area (Å²) in [5, 5.41) is 3.37. The largest absolute Gasteiger partial charge is 4.00 e. The van der Waals surface area contributed by atoms with Crippen LogP contribution >= 0.6 is 0 Å². The van der Waals surface area contributed by atoms with E-state index in [-0.39, 0.29) is 58.9 Å². The second-order valence-electron chi connectivity index (χ2n) is 7.62. The monoisotopic (exact) mass is 476 g/mol. The quantitative estimate of drug-likeness (QED) is 0.313. The summed E-state index contributed by atoms with van der Waals surface area (Å²) in [5.41, 5.74) is 2.47. The first-order chi connectivity index (χ1) is 11.2. The van der Waals surface area contributed by atoms with Crippen LogP contribution in [-0.2, 0) is 21.7 Å². The van der Waals surface area contributed by atoms with Gasteiger partial charge in [-0.25, -0.2) is 5.57 Å². The molecular formula is C22H31Cl3SiTi. The molecule has 1 aromatic rings. The molecule has 2 unspecified atom stereocenters. The second-order valence-corrected chi connectivity index (χ2v) is 12.0. The van der Waals surface area contributed by atoms with E-state index < -0.39 is 8.07 Å². The summed E-state index contributed by atoms with van der Waals surface area (Å²) in [6, 6.07) is 11.5. The summed E-state index contributed by atoms with van der Waals surface area (Å²) in [6.07, 6.45) is 15.7. The van der Waals surface area contributed by atoms with Crippen molar-refractivity contribution in [2.24, 2.45) is 5.92 Å². The predicted octanol–water partition coefficient (Wildman–Crippen LogP) is -3.04. The Kier molecular flexibility index (Phi) is 15.0. The molecule has 0 heterocycles. The summed E-state index contributed by atoms with van der Waals surface area (Å²) < 4.78 is 0. The van der Waals surface area contributed by atoms with E-state index in [1.165, 1.54) is 38.5 Å². The molecule has 5 heteroatoms. The molecule has 1 aromatic carbocycles. The first kappa shape index (κ1) is 29.7. The van der Waals surface area contributed by atoms with Gasteiger partial charge in [0.2, 0.25) is 0 Å². The van der Waals surface area contributed by atoms with Crippen molar-refractivity contribution in [3.8, 4) is 0 Å². The third kappa shape index (κ3) is 6.24. The Morgan fingerprint density at radius 2 is 1.63 bits per heavy atom. The van der Waals surface area contributed by atoms with Gasteiger partial charge in [0, 0.05) is 8.07 Å². The average Bonchev–Trinajstić information content (AvgIpc) is 3.12. The molecular weight excluding hydrogens is 447 g/mol. The Bertz CT molecular complexity index is 597. The summed E-state index contributed by atoms with van der Waals surface area (Å²) in [6.45, 7) is 7.36. The van der Waals surface area contributed by atoms with Crippen molar-refractivity contribution in [3.05, 3.63) is 53.3 Å². The molecule has 3 rings (SSSR count). The van der Waals surface area contributed by atoms with Gasteiger partial charge >= 0.3 is 21.7 Å². The van der Waals surface area contributed by atoms with Crippen LogP contribution in [0.25, 0.3) is 0 Å². The maximum absolute atomic E-state index is 3.73. The smallest absolute Gasteiger partial charge is 1.00 e. The first-order valence-electron chi connectivity index (χ1n) is 9.55. The van der Waals surface area contributed by atoms with Gasteiger partial charge in [0.1, 0.15) is 0 Å². The molecule has 0 radical (unpaired) electrons. The molecule has 0 spiro atoms. The Morgan fingerprint density at radius 1 is 1.04 bits per heavy atom. The Morgan fingerprint density at radius 3 is 2.19 bits per heavy atom. The zero-order chi connectivity index (χ0) is 16.3. The van der Waals surface area contributed by atoms with Crippen LogP contribution in [-0.4, -0.2) is 8.07 Å². The molecule has 1 saturated carbocycles. The maximum Gasteiger partial charge on any atom is 4.00 e. The zero-order valence-electron chi connectivity index (χ0n) is 16.7. The first-order valence-corrected chi connectivity index (χ1v) is 12.1. The predicted molar refractivity (Wildman–Crippen MR) is 103 cm³/mol. The molecule has 0 aromatic heterocycles. The Labute approximate surface area is 201 Å². The summed E-state index contributed by atoms with van der Waals surface area (Å²) >= 11 is 0. The van der Waals surface area contributed by atoms with E-state index in [4.69, 9.17) is 0 Å². The molecule has 2 aliphatic rings. The number of hydrogen-bond acceptors (Lipinski definition) is 0. The van der Waals surface area contributed by atoms with Gasteiger partial charge in [0.25, 0.3) is 0 Å². The fourth-order valence-electron chi connectivity index (χ4n) is 4.68. The summed E-state index contributed by atoms with van der Waals surface area (Å²) in [7, 11) is -1.67. The third-order valence-corrected chi connectivity index (χ3v) is 11.7. The van der Waals surface area contributed by atoms with Gasteiger partial charge in [-0.05, 0) is 0 Å². The molecule has 0 N–H and O–H groups in total. The molecule has 0 nitrogen and oxygen atoms in total. The number of hydrogen-bond donors (Lipinski definition) is 0. The molecule has 1 fully saturated rings. The van der Waals surface area contributed by atoms with Crippen LogP contribution in [0.1, 0.15) is 58.8 Å². The van der Waals surface area contributed by atoms with Gasteiger partial charge in [0.05, 0.1) is 0 Å². The normalized spacial score (nSPS) is 19.7. The minimum atomic E-state index is -1.67. The number of rotatable bonds is 5. The van der Waals surface area contributed by atoms with E-state index in [2.05, 4.69) is 62.9 Å². The van der Waals surface area contributed by atoms with Gasteiger partial charge in [-0.1, -0.05) is 106 Å². The van der Waals surface area contributed by atoms with Crippen molar-refractivity contribution in [2.45, 2.75) is 70.9 Å². The van der Waals surface area contributed by atoms with Crippen molar-refractivity contribution in [1.29, 1.82) is 0 Å². The number of halogens is 3. The van der Waals surface area contributed by atoms with Crippen molar-refractivity contribution >= 4 is 13.3 Å². The molecule has 0 saturated heterocycles. The molecule has 148 valence electrons. The zero-order valence-corrected chi connectivity index (χ0v) is 21.5. The van der Waals surface area contributed by atoms with Crippen LogP contribution in [0.3, 0.4) is 0 Å². The van der Waals surface area contributed by atoms with E-state index >= 15 is 0 Å². The SMILES string of the molecule is CCC(C)C1=[C-]CC=C1[Si](C)(c1ccccc1)C1CCCCC1.[Cl-].[Cl-].[Cl-].[Ti+4]. The van der Waals surface area contributed by atoms with Crippen LogP contribution in [0, 0.1) is 12.0 Å². The molecule has 27 heavy (non-hydrogen) atoms. The van der Waals surface area contributed by atoms with Crippen LogP contribution in [0.4, 0.5) is 0 Å². The van der Waals surface area contributed by atoms with Crippen molar-refractivity contribution in [2.75, 3.05) is 0 Å².